The van der Waals surface area contributed by atoms with E-state index in [1.165, 1.54) is 0 Å². The second kappa shape index (κ2) is 8.51. The fourth-order valence-corrected chi connectivity index (χ4v) is 4.80. The van der Waals surface area contributed by atoms with Gasteiger partial charge in [0.15, 0.2) is 0 Å². The first-order chi connectivity index (χ1) is 9.80. The molecule has 2 N–H and O–H groups in total. The van der Waals surface area contributed by atoms with Gasteiger partial charge in [0.05, 0.1) is 3.23 Å². The topological polar surface area (TPSA) is 63.4 Å². The molecule has 0 aromatic rings. The van der Waals surface area contributed by atoms with Crippen molar-refractivity contribution >= 4 is 43.7 Å². The maximum atomic E-state index is 12.3. The Labute approximate surface area is 144 Å². The van der Waals surface area contributed by atoms with Gasteiger partial charge < -0.3 is 10.6 Å². The van der Waals surface area contributed by atoms with Crippen molar-refractivity contribution in [2.45, 2.75) is 68.1 Å². The molecule has 1 rings (SSSR count). The van der Waals surface area contributed by atoms with Crippen molar-refractivity contribution in [2.75, 3.05) is 6.54 Å². The first-order valence-electron chi connectivity index (χ1n) is 7.77. The van der Waals surface area contributed by atoms with Crippen LogP contribution in [-0.4, -0.2) is 32.5 Å². The van der Waals surface area contributed by atoms with E-state index in [0.29, 0.717) is 25.3 Å². The van der Waals surface area contributed by atoms with Crippen LogP contribution in [0.2, 0.25) is 0 Å². The SMILES string of the molecule is CCCC(Br)(Br)CC1CCCC(=O)N(C(CC)C(N)=O)C1. The molecule has 2 unspecified atom stereocenters. The van der Waals surface area contributed by atoms with Crippen LogP contribution in [0.1, 0.15) is 58.8 Å². The molecule has 4 nitrogen and oxygen atoms in total. The molecule has 2 atom stereocenters. The van der Waals surface area contributed by atoms with Crippen molar-refractivity contribution in [2.24, 2.45) is 11.7 Å². The number of alkyl halides is 2. The van der Waals surface area contributed by atoms with E-state index in [1.807, 2.05) is 6.92 Å². The summed E-state index contributed by atoms with van der Waals surface area (Å²) in [5, 5.41) is 0. The van der Waals surface area contributed by atoms with Gasteiger partial charge in [-0.05, 0) is 38.0 Å². The number of nitrogens with zero attached hydrogens (tertiary/aromatic N) is 1. The molecule has 0 radical (unpaired) electrons. The van der Waals surface area contributed by atoms with Crippen molar-refractivity contribution in [3.05, 3.63) is 0 Å². The zero-order chi connectivity index (χ0) is 16.0. The summed E-state index contributed by atoms with van der Waals surface area (Å²) in [7, 11) is 0. The van der Waals surface area contributed by atoms with Gasteiger partial charge in [-0.25, -0.2) is 0 Å². The summed E-state index contributed by atoms with van der Waals surface area (Å²) in [6.07, 6.45) is 6.06. The smallest absolute Gasteiger partial charge is 0.240 e. The van der Waals surface area contributed by atoms with Crippen LogP contribution in [0.15, 0.2) is 0 Å². The van der Waals surface area contributed by atoms with Crippen molar-refractivity contribution in [3.8, 4) is 0 Å². The lowest BCUT2D eigenvalue weighted by Gasteiger charge is -2.32. The maximum Gasteiger partial charge on any atom is 0.240 e. The van der Waals surface area contributed by atoms with Gasteiger partial charge in [-0.2, -0.15) is 0 Å². The third kappa shape index (κ3) is 5.89. The summed E-state index contributed by atoms with van der Waals surface area (Å²) < 4.78 is -0.0765. The molecule has 0 bridgehead atoms. The number of amides is 2. The Morgan fingerprint density at radius 3 is 2.67 bits per heavy atom. The van der Waals surface area contributed by atoms with E-state index in [-0.39, 0.29) is 9.14 Å². The fraction of sp³-hybridized carbons (Fsp3) is 0.867. The number of hydrogen-bond donors (Lipinski definition) is 1. The lowest BCUT2D eigenvalue weighted by atomic mass is 9.95. The van der Waals surface area contributed by atoms with E-state index in [4.69, 9.17) is 5.73 Å². The highest BCUT2D eigenvalue weighted by molar-refractivity contribution is 9.25. The highest BCUT2D eigenvalue weighted by Gasteiger charge is 2.34. The minimum absolute atomic E-state index is 0.0633. The third-order valence-corrected chi connectivity index (χ3v) is 5.51. The zero-order valence-corrected chi connectivity index (χ0v) is 16.1. The van der Waals surface area contributed by atoms with Crippen LogP contribution >= 0.6 is 31.9 Å². The van der Waals surface area contributed by atoms with Crippen LogP contribution < -0.4 is 5.73 Å². The van der Waals surface area contributed by atoms with Crippen LogP contribution in [-0.2, 0) is 9.59 Å². The van der Waals surface area contributed by atoms with Gasteiger partial charge in [0.1, 0.15) is 6.04 Å². The minimum atomic E-state index is -0.468. The van der Waals surface area contributed by atoms with Gasteiger partial charge in [-0.1, -0.05) is 52.1 Å². The van der Waals surface area contributed by atoms with E-state index in [9.17, 15) is 9.59 Å². The Kier molecular flexibility index (Phi) is 7.68. The Balaban J connectivity index is 2.80. The van der Waals surface area contributed by atoms with Crippen molar-refractivity contribution < 1.29 is 9.59 Å². The Morgan fingerprint density at radius 2 is 2.14 bits per heavy atom. The molecule has 6 heteroatoms. The largest absolute Gasteiger partial charge is 0.368 e. The highest BCUT2D eigenvalue weighted by atomic mass is 79.9. The predicted molar refractivity (Wildman–Crippen MR) is 92.4 cm³/mol. The van der Waals surface area contributed by atoms with E-state index in [1.54, 1.807) is 4.90 Å². The molecule has 1 aliphatic rings. The number of carbonyl (C=O) groups is 2. The van der Waals surface area contributed by atoms with Crippen molar-refractivity contribution in [1.82, 2.24) is 4.90 Å². The predicted octanol–water partition coefficient (Wildman–Crippen LogP) is 3.56. The van der Waals surface area contributed by atoms with E-state index < -0.39 is 11.9 Å². The molecular weight excluding hydrogens is 400 g/mol. The van der Waals surface area contributed by atoms with Gasteiger partial charge in [0.25, 0.3) is 0 Å². The number of rotatable bonds is 7. The molecule has 1 aliphatic heterocycles. The second-order valence-corrected chi connectivity index (χ2v) is 10.0. The average Bonchev–Trinajstić information content (AvgIpc) is 2.52. The van der Waals surface area contributed by atoms with Gasteiger partial charge >= 0.3 is 0 Å². The molecule has 2 amide bonds. The molecule has 1 fully saturated rings. The van der Waals surface area contributed by atoms with E-state index >= 15 is 0 Å². The van der Waals surface area contributed by atoms with Gasteiger partial charge in [0, 0.05) is 13.0 Å². The molecule has 0 aromatic carbocycles. The van der Waals surface area contributed by atoms with Crippen LogP contribution in [0.4, 0.5) is 0 Å². The standard InChI is InChI=1S/C15H26Br2N2O2/c1-3-8-15(16,17)9-11-6-5-7-13(20)19(10-11)12(4-2)14(18)21/h11-12H,3-10H2,1-2H3,(H2,18,21). The zero-order valence-electron chi connectivity index (χ0n) is 12.9. The van der Waals surface area contributed by atoms with Gasteiger partial charge in [0.2, 0.25) is 11.8 Å². The Bertz CT molecular complexity index is 375. The second-order valence-electron chi connectivity index (χ2n) is 5.94. The van der Waals surface area contributed by atoms with Crippen molar-refractivity contribution in [3.63, 3.8) is 0 Å². The molecule has 0 spiro atoms. The summed E-state index contributed by atoms with van der Waals surface area (Å²) >= 11 is 7.49. The molecule has 21 heavy (non-hydrogen) atoms. The maximum absolute atomic E-state index is 12.3. The summed E-state index contributed by atoms with van der Waals surface area (Å²) in [5.41, 5.74) is 5.46. The number of halogens is 2. The van der Waals surface area contributed by atoms with E-state index in [0.717, 1.165) is 32.1 Å². The summed E-state index contributed by atoms with van der Waals surface area (Å²) in [6, 6.07) is -0.468. The van der Waals surface area contributed by atoms with Crippen LogP contribution in [0.3, 0.4) is 0 Å². The van der Waals surface area contributed by atoms with E-state index in [2.05, 4.69) is 38.8 Å². The lowest BCUT2D eigenvalue weighted by Crippen LogP contribution is -2.48. The summed E-state index contributed by atoms with van der Waals surface area (Å²) in [6.45, 7) is 4.68. The molecule has 0 saturated carbocycles. The third-order valence-electron chi connectivity index (χ3n) is 4.07. The number of nitrogens with two attached hydrogens (primary N) is 1. The quantitative estimate of drug-likeness (QED) is 0.633. The number of primary amides is 1. The highest BCUT2D eigenvalue weighted by Crippen LogP contribution is 2.40. The van der Waals surface area contributed by atoms with Crippen LogP contribution in [0.25, 0.3) is 0 Å². The lowest BCUT2D eigenvalue weighted by molar-refractivity contribution is -0.139. The first kappa shape index (κ1) is 18.9. The molecule has 0 aromatic heterocycles. The van der Waals surface area contributed by atoms with Crippen molar-refractivity contribution in [1.29, 1.82) is 0 Å². The van der Waals surface area contributed by atoms with Crippen LogP contribution in [0.5, 0.6) is 0 Å². The Morgan fingerprint density at radius 1 is 1.48 bits per heavy atom. The minimum Gasteiger partial charge on any atom is -0.368 e. The number of carbonyl (C=O) groups excluding carboxylic acids is 2. The van der Waals surface area contributed by atoms with Gasteiger partial charge in [-0.3, -0.25) is 9.59 Å². The Hall–Kier alpha value is -0.100. The van der Waals surface area contributed by atoms with Gasteiger partial charge in [-0.15, -0.1) is 0 Å². The fourth-order valence-electron chi connectivity index (χ4n) is 3.09. The van der Waals surface area contributed by atoms with Crippen LogP contribution in [0, 0.1) is 5.92 Å². The molecule has 122 valence electrons. The molecular formula is C15H26Br2N2O2. The first-order valence-corrected chi connectivity index (χ1v) is 9.36. The summed E-state index contributed by atoms with van der Waals surface area (Å²) in [5.74, 6) is 0.0487. The number of hydrogen-bond acceptors (Lipinski definition) is 2. The molecule has 1 heterocycles. The summed E-state index contributed by atoms with van der Waals surface area (Å²) in [4.78, 5) is 25.6. The normalized spacial score (nSPS) is 22.0. The average molecular weight is 426 g/mol. The molecule has 1 saturated heterocycles. The molecule has 0 aliphatic carbocycles. The monoisotopic (exact) mass is 424 g/mol. The number of likely N-dealkylation sites (tertiary alicyclic amines) is 1.